The highest BCUT2D eigenvalue weighted by Crippen LogP contribution is 2.24. The molecule has 1 saturated heterocycles. The molecule has 1 N–H and O–H groups in total. The van der Waals surface area contributed by atoms with Gasteiger partial charge in [-0.05, 0) is 43.5 Å². The molecule has 98 valence electrons. The Hall–Kier alpha value is -1.55. The first-order chi connectivity index (χ1) is 8.76. The number of nitrogens with zero attached hydrogens (tertiary/aromatic N) is 1. The monoisotopic (exact) mass is 249 g/mol. The van der Waals surface area contributed by atoms with Crippen molar-refractivity contribution in [3.8, 4) is 0 Å². The second kappa shape index (κ2) is 5.87. The minimum absolute atomic E-state index is 0.179. The van der Waals surface area contributed by atoms with Gasteiger partial charge in [0, 0.05) is 12.2 Å². The van der Waals surface area contributed by atoms with Gasteiger partial charge in [-0.15, -0.1) is 0 Å². The number of benzene rings is 1. The number of piperidine rings is 1. The zero-order valence-corrected chi connectivity index (χ0v) is 10.6. The van der Waals surface area contributed by atoms with E-state index in [0.717, 1.165) is 25.1 Å². The molecule has 0 aromatic heterocycles. The maximum atomic E-state index is 11.3. The van der Waals surface area contributed by atoms with Crippen LogP contribution in [0.25, 0.3) is 0 Å². The normalized spacial score (nSPS) is 19.7. The predicted octanol–water partition coefficient (Wildman–Crippen LogP) is 1.82. The molecule has 1 fully saturated rings. The smallest absolute Gasteiger partial charge is 0.337 e. The third-order valence-electron chi connectivity index (χ3n) is 3.46. The first-order valence-electron chi connectivity index (χ1n) is 6.32. The second-order valence-electron chi connectivity index (χ2n) is 4.56. The van der Waals surface area contributed by atoms with E-state index in [1.54, 1.807) is 12.1 Å². The predicted molar refractivity (Wildman–Crippen MR) is 69.9 cm³/mol. The van der Waals surface area contributed by atoms with E-state index < -0.39 is 0 Å². The van der Waals surface area contributed by atoms with Crippen LogP contribution in [0.15, 0.2) is 24.3 Å². The SMILES string of the molecule is COC(=O)c1ccc(N2CCCCC2CO)cc1. The Morgan fingerprint density at radius 2 is 2.11 bits per heavy atom. The highest BCUT2D eigenvalue weighted by atomic mass is 16.5. The van der Waals surface area contributed by atoms with Crippen molar-refractivity contribution in [1.29, 1.82) is 0 Å². The van der Waals surface area contributed by atoms with Crippen molar-refractivity contribution in [2.45, 2.75) is 25.3 Å². The van der Waals surface area contributed by atoms with Gasteiger partial charge in [-0.25, -0.2) is 4.79 Å². The number of aliphatic hydroxyl groups is 1. The van der Waals surface area contributed by atoms with Crippen LogP contribution in [-0.4, -0.2) is 37.4 Å². The minimum atomic E-state index is -0.320. The Balaban J connectivity index is 2.15. The molecule has 1 aromatic carbocycles. The number of hydrogen-bond donors (Lipinski definition) is 1. The van der Waals surface area contributed by atoms with Crippen molar-refractivity contribution >= 4 is 11.7 Å². The highest BCUT2D eigenvalue weighted by molar-refractivity contribution is 5.89. The van der Waals surface area contributed by atoms with Gasteiger partial charge in [-0.3, -0.25) is 0 Å². The molecular formula is C14H19NO3. The lowest BCUT2D eigenvalue weighted by atomic mass is 10.0. The van der Waals surface area contributed by atoms with E-state index in [1.165, 1.54) is 13.5 Å². The molecular weight excluding hydrogens is 230 g/mol. The topological polar surface area (TPSA) is 49.8 Å². The molecule has 0 spiro atoms. The molecule has 1 aliphatic rings. The molecule has 1 heterocycles. The molecule has 18 heavy (non-hydrogen) atoms. The van der Waals surface area contributed by atoms with Gasteiger partial charge < -0.3 is 14.7 Å². The first kappa shape index (κ1) is 12.9. The molecule has 4 nitrogen and oxygen atoms in total. The quantitative estimate of drug-likeness (QED) is 0.830. The van der Waals surface area contributed by atoms with Crippen LogP contribution in [0.5, 0.6) is 0 Å². The highest BCUT2D eigenvalue weighted by Gasteiger charge is 2.21. The number of rotatable bonds is 3. The fourth-order valence-electron chi connectivity index (χ4n) is 2.44. The summed E-state index contributed by atoms with van der Waals surface area (Å²) in [6.45, 7) is 1.14. The third-order valence-corrected chi connectivity index (χ3v) is 3.46. The average molecular weight is 249 g/mol. The van der Waals surface area contributed by atoms with E-state index in [0.29, 0.717) is 5.56 Å². The molecule has 0 saturated carbocycles. The van der Waals surface area contributed by atoms with Gasteiger partial charge in [0.1, 0.15) is 0 Å². The van der Waals surface area contributed by atoms with Gasteiger partial charge in [0.05, 0.1) is 25.3 Å². The van der Waals surface area contributed by atoms with Gasteiger partial charge in [0.25, 0.3) is 0 Å². The summed E-state index contributed by atoms with van der Waals surface area (Å²) in [7, 11) is 1.38. The summed E-state index contributed by atoms with van der Waals surface area (Å²) >= 11 is 0. The Morgan fingerprint density at radius 3 is 2.72 bits per heavy atom. The molecule has 0 bridgehead atoms. The summed E-state index contributed by atoms with van der Waals surface area (Å²) < 4.78 is 4.67. The fraction of sp³-hybridized carbons (Fsp3) is 0.500. The number of ether oxygens (including phenoxy) is 1. The van der Waals surface area contributed by atoms with Crippen molar-refractivity contribution in [2.24, 2.45) is 0 Å². The lowest BCUT2D eigenvalue weighted by Crippen LogP contribution is -2.41. The third kappa shape index (κ3) is 2.64. The summed E-state index contributed by atoms with van der Waals surface area (Å²) in [5.41, 5.74) is 1.61. The van der Waals surface area contributed by atoms with E-state index in [9.17, 15) is 9.90 Å². The van der Waals surface area contributed by atoms with E-state index in [1.807, 2.05) is 12.1 Å². The lowest BCUT2D eigenvalue weighted by Gasteiger charge is -2.36. The van der Waals surface area contributed by atoms with Gasteiger partial charge in [0.15, 0.2) is 0 Å². The number of methoxy groups -OCH3 is 1. The standard InChI is InChI=1S/C14H19NO3/c1-18-14(17)11-5-7-12(8-6-11)15-9-3-2-4-13(15)10-16/h5-8,13,16H,2-4,9-10H2,1H3. The van der Waals surface area contributed by atoms with Crippen LogP contribution < -0.4 is 4.90 Å². The summed E-state index contributed by atoms with van der Waals surface area (Å²) in [6, 6.07) is 7.57. The van der Waals surface area contributed by atoms with Crippen molar-refractivity contribution in [2.75, 3.05) is 25.2 Å². The van der Waals surface area contributed by atoms with Crippen LogP contribution in [0.1, 0.15) is 29.6 Å². The number of carbonyl (C=O) groups is 1. The van der Waals surface area contributed by atoms with Gasteiger partial charge in [-0.2, -0.15) is 0 Å². The molecule has 1 aromatic rings. The van der Waals surface area contributed by atoms with E-state index >= 15 is 0 Å². The van der Waals surface area contributed by atoms with Crippen LogP contribution in [0.3, 0.4) is 0 Å². The van der Waals surface area contributed by atoms with Gasteiger partial charge >= 0.3 is 5.97 Å². The fourth-order valence-corrected chi connectivity index (χ4v) is 2.44. The van der Waals surface area contributed by atoms with Crippen molar-refractivity contribution in [3.05, 3.63) is 29.8 Å². The van der Waals surface area contributed by atoms with Gasteiger partial charge in [0.2, 0.25) is 0 Å². The second-order valence-corrected chi connectivity index (χ2v) is 4.56. The Labute approximate surface area is 107 Å². The number of anilines is 1. The maximum Gasteiger partial charge on any atom is 0.337 e. The molecule has 4 heteroatoms. The van der Waals surface area contributed by atoms with Crippen molar-refractivity contribution in [3.63, 3.8) is 0 Å². The largest absolute Gasteiger partial charge is 0.465 e. The number of esters is 1. The van der Waals surface area contributed by atoms with Gasteiger partial charge in [-0.1, -0.05) is 0 Å². The summed E-state index contributed by atoms with van der Waals surface area (Å²) in [6.07, 6.45) is 3.34. The molecule has 1 unspecified atom stereocenters. The minimum Gasteiger partial charge on any atom is -0.465 e. The molecule has 1 atom stereocenters. The molecule has 1 aliphatic heterocycles. The average Bonchev–Trinajstić information content (AvgIpc) is 2.46. The Bertz CT molecular complexity index is 402. The Morgan fingerprint density at radius 1 is 1.39 bits per heavy atom. The lowest BCUT2D eigenvalue weighted by molar-refractivity contribution is 0.0600. The Kier molecular flexibility index (Phi) is 4.20. The van der Waals surface area contributed by atoms with E-state index in [-0.39, 0.29) is 18.6 Å². The maximum absolute atomic E-state index is 11.3. The van der Waals surface area contributed by atoms with Crippen LogP contribution in [0.2, 0.25) is 0 Å². The van der Waals surface area contributed by atoms with E-state index in [4.69, 9.17) is 0 Å². The summed E-state index contributed by atoms with van der Waals surface area (Å²) in [4.78, 5) is 13.6. The van der Waals surface area contributed by atoms with Crippen molar-refractivity contribution in [1.82, 2.24) is 0 Å². The first-order valence-corrected chi connectivity index (χ1v) is 6.32. The number of carbonyl (C=O) groups excluding carboxylic acids is 1. The zero-order valence-electron chi connectivity index (χ0n) is 10.6. The van der Waals surface area contributed by atoms with Crippen molar-refractivity contribution < 1.29 is 14.6 Å². The molecule has 0 radical (unpaired) electrons. The molecule has 0 amide bonds. The summed E-state index contributed by atoms with van der Waals surface area (Å²) in [5.74, 6) is -0.320. The number of hydrogen-bond acceptors (Lipinski definition) is 4. The van der Waals surface area contributed by atoms with Crippen LogP contribution >= 0.6 is 0 Å². The molecule has 0 aliphatic carbocycles. The zero-order chi connectivity index (χ0) is 13.0. The number of aliphatic hydroxyl groups excluding tert-OH is 1. The van der Waals surface area contributed by atoms with Crippen LogP contribution in [0, 0.1) is 0 Å². The summed E-state index contributed by atoms with van der Waals surface area (Å²) in [5, 5.41) is 9.39. The van der Waals surface area contributed by atoms with E-state index in [2.05, 4.69) is 9.64 Å². The molecule has 2 rings (SSSR count). The van der Waals surface area contributed by atoms with Crippen LogP contribution in [-0.2, 0) is 4.74 Å². The van der Waals surface area contributed by atoms with Crippen LogP contribution in [0.4, 0.5) is 5.69 Å².